The monoisotopic (exact) mass is 388 g/mol. The standard InChI is InChI=1S/C18H24F4N4O/c1-3-24-18(26-6-4-11(5-7-26)8-15(27)23-2)25-10-12-16(21)13(19)9-14(20)17(12)22/h9,11H,3-8,10H2,1-2H3,(H,23,27)(H,24,25). The molecule has 1 fully saturated rings. The molecular formula is C18H24F4N4O. The van der Waals surface area contributed by atoms with Gasteiger partial charge in [-0.3, -0.25) is 4.79 Å². The molecule has 1 aliphatic heterocycles. The molecule has 0 unspecified atom stereocenters. The van der Waals surface area contributed by atoms with Gasteiger partial charge in [0.05, 0.1) is 12.1 Å². The van der Waals surface area contributed by atoms with Crippen LogP contribution in [0.4, 0.5) is 17.6 Å². The average Bonchev–Trinajstić information content (AvgIpc) is 2.66. The lowest BCUT2D eigenvalue weighted by Crippen LogP contribution is -2.46. The Morgan fingerprint density at radius 3 is 2.30 bits per heavy atom. The zero-order valence-electron chi connectivity index (χ0n) is 15.4. The Hall–Kier alpha value is -2.32. The Balaban J connectivity index is 2.09. The fourth-order valence-electron chi connectivity index (χ4n) is 3.05. The van der Waals surface area contributed by atoms with Crippen LogP contribution in [0, 0.1) is 29.2 Å². The van der Waals surface area contributed by atoms with Gasteiger partial charge in [0.2, 0.25) is 5.91 Å². The van der Waals surface area contributed by atoms with Crippen LogP contribution < -0.4 is 10.6 Å². The number of nitrogens with one attached hydrogen (secondary N) is 2. The van der Waals surface area contributed by atoms with Crippen LogP contribution in [0.3, 0.4) is 0 Å². The Morgan fingerprint density at radius 2 is 1.78 bits per heavy atom. The first kappa shape index (κ1) is 21.0. The number of hydrogen-bond donors (Lipinski definition) is 2. The molecule has 0 radical (unpaired) electrons. The van der Waals surface area contributed by atoms with Crippen molar-refractivity contribution in [3.8, 4) is 0 Å². The lowest BCUT2D eigenvalue weighted by atomic mass is 9.93. The third-order valence-corrected chi connectivity index (χ3v) is 4.59. The van der Waals surface area contributed by atoms with Gasteiger partial charge in [0, 0.05) is 39.2 Å². The maximum Gasteiger partial charge on any atom is 0.220 e. The Morgan fingerprint density at radius 1 is 1.19 bits per heavy atom. The molecule has 1 heterocycles. The molecule has 0 saturated carbocycles. The quantitative estimate of drug-likeness (QED) is 0.353. The number of halogens is 4. The molecule has 0 spiro atoms. The van der Waals surface area contributed by atoms with Crippen LogP contribution >= 0.6 is 0 Å². The van der Waals surface area contributed by atoms with Crippen molar-refractivity contribution >= 4 is 11.9 Å². The minimum absolute atomic E-state index is 0.00638. The summed E-state index contributed by atoms with van der Waals surface area (Å²) in [6, 6.07) is 0.181. The number of likely N-dealkylation sites (tertiary alicyclic amines) is 1. The molecule has 27 heavy (non-hydrogen) atoms. The van der Waals surface area contributed by atoms with E-state index in [1.807, 2.05) is 11.8 Å². The van der Waals surface area contributed by atoms with E-state index in [9.17, 15) is 22.4 Å². The van der Waals surface area contributed by atoms with Gasteiger partial charge in [0.15, 0.2) is 29.2 Å². The molecule has 1 aromatic rings. The van der Waals surface area contributed by atoms with Gasteiger partial charge in [-0.25, -0.2) is 22.6 Å². The topological polar surface area (TPSA) is 56.7 Å². The first-order valence-electron chi connectivity index (χ1n) is 8.93. The Kier molecular flexibility index (Phi) is 7.44. The number of nitrogens with zero attached hydrogens (tertiary/aromatic N) is 2. The van der Waals surface area contributed by atoms with Gasteiger partial charge >= 0.3 is 0 Å². The van der Waals surface area contributed by atoms with E-state index in [4.69, 9.17) is 0 Å². The highest BCUT2D eigenvalue weighted by atomic mass is 19.2. The number of aliphatic imine (C=N–C) groups is 1. The van der Waals surface area contributed by atoms with E-state index in [1.54, 1.807) is 7.05 Å². The van der Waals surface area contributed by atoms with Crippen molar-refractivity contribution in [3.05, 3.63) is 34.9 Å². The van der Waals surface area contributed by atoms with Crippen LogP contribution in [0.2, 0.25) is 0 Å². The number of carbonyl (C=O) groups is 1. The van der Waals surface area contributed by atoms with Gasteiger partial charge in [0.1, 0.15) is 0 Å². The highest BCUT2D eigenvalue weighted by Gasteiger charge is 2.24. The fraction of sp³-hybridized carbons (Fsp3) is 0.556. The largest absolute Gasteiger partial charge is 0.359 e. The van der Waals surface area contributed by atoms with E-state index in [1.165, 1.54) is 0 Å². The van der Waals surface area contributed by atoms with Gasteiger partial charge in [-0.05, 0) is 25.7 Å². The van der Waals surface area contributed by atoms with Crippen LogP contribution in [0.15, 0.2) is 11.1 Å². The summed E-state index contributed by atoms with van der Waals surface area (Å²) in [6.07, 6.45) is 2.00. The number of amides is 1. The normalized spacial score (nSPS) is 15.8. The number of piperidine rings is 1. The molecule has 2 rings (SSSR count). The van der Waals surface area contributed by atoms with Crippen LogP contribution in [-0.2, 0) is 11.3 Å². The van der Waals surface area contributed by atoms with Crippen molar-refractivity contribution in [2.75, 3.05) is 26.7 Å². The number of benzene rings is 1. The van der Waals surface area contributed by atoms with Gasteiger partial charge in [-0.2, -0.15) is 0 Å². The van der Waals surface area contributed by atoms with Crippen molar-refractivity contribution < 1.29 is 22.4 Å². The van der Waals surface area contributed by atoms with Gasteiger partial charge in [0.25, 0.3) is 0 Å². The highest BCUT2D eigenvalue weighted by Crippen LogP contribution is 2.22. The molecule has 1 amide bonds. The summed E-state index contributed by atoms with van der Waals surface area (Å²) in [4.78, 5) is 17.5. The molecule has 0 aliphatic carbocycles. The fourth-order valence-corrected chi connectivity index (χ4v) is 3.05. The SMILES string of the molecule is CCNC(=NCc1c(F)c(F)cc(F)c1F)N1CCC(CC(=O)NC)CC1. The molecule has 0 atom stereocenters. The Bertz CT molecular complexity index is 677. The van der Waals surface area contributed by atoms with Gasteiger partial charge in [-0.1, -0.05) is 0 Å². The zero-order valence-corrected chi connectivity index (χ0v) is 15.4. The summed E-state index contributed by atoms with van der Waals surface area (Å²) >= 11 is 0. The molecule has 2 N–H and O–H groups in total. The minimum Gasteiger partial charge on any atom is -0.359 e. The van der Waals surface area contributed by atoms with Crippen molar-refractivity contribution in [2.45, 2.75) is 32.7 Å². The maximum atomic E-state index is 13.8. The third kappa shape index (κ3) is 5.33. The molecule has 1 aromatic carbocycles. The van der Waals surface area contributed by atoms with E-state index >= 15 is 0 Å². The van der Waals surface area contributed by atoms with Gasteiger partial charge in [-0.15, -0.1) is 0 Å². The number of carbonyl (C=O) groups excluding carboxylic acids is 1. The summed E-state index contributed by atoms with van der Waals surface area (Å²) in [5.41, 5.74) is -0.739. The van der Waals surface area contributed by atoms with E-state index < -0.39 is 35.4 Å². The lowest BCUT2D eigenvalue weighted by Gasteiger charge is -2.34. The smallest absolute Gasteiger partial charge is 0.220 e. The zero-order chi connectivity index (χ0) is 20.0. The first-order chi connectivity index (χ1) is 12.9. The minimum atomic E-state index is -1.45. The van der Waals surface area contributed by atoms with Crippen molar-refractivity contribution in [2.24, 2.45) is 10.9 Å². The molecule has 0 aromatic heterocycles. The second-order valence-electron chi connectivity index (χ2n) is 6.42. The van der Waals surface area contributed by atoms with E-state index in [-0.39, 0.29) is 17.9 Å². The first-order valence-corrected chi connectivity index (χ1v) is 8.93. The summed E-state index contributed by atoms with van der Waals surface area (Å²) in [5, 5.41) is 5.63. The molecule has 150 valence electrons. The molecule has 1 saturated heterocycles. The van der Waals surface area contributed by atoms with Crippen LogP contribution in [0.25, 0.3) is 0 Å². The molecule has 1 aliphatic rings. The van der Waals surface area contributed by atoms with Crippen molar-refractivity contribution in [3.63, 3.8) is 0 Å². The number of hydrogen-bond acceptors (Lipinski definition) is 2. The van der Waals surface area contributed by atoms with Crippen LogP contribution in [0.5, 0.6) is 0 Å². The molecule has 0 bridgehead atoms. The number of guanidine groups is 1. The average molecular weight is 388 g/mol. The third-order valence-electron chi connectivity index (χ3n) is 4.59. The lowest BCUT2D eigenvalue weighted by molar-refractivity contribution is -0.121. The maximum absolute atomic E-state index is 13.8. The van der Waals surface area contributed by atoms with Crippen LogP contribution in [0.1, 0.15) is 31.7 Å². The predicted octanol–water partition coefficient (Wildman–Crippen LogP) is 2.56. The van der Waals surface area contributed by atoms with E-state index in [0.29, 0.717) is 32.0 Å². The molecular weight excluding hydrogens is 364 g/mol. The summed E-state index contributed by atoms with van der Waals surface area (Å²) in [5.74, 6) is -5.09. The Labute approximate surface area is 155 Å². The highest BCUT2D eigenvalue weighted by molar-refractivity contribution is 5.80. The van der Waals surface area contributed by atoms with E-state index in [0.717, 1.165) is 12.8 Å². The summed E-state index contributed by atoms with van der Waals surface area (Å²) in [6.45, 7) is 3.09. The second-order valence-corrected chi connectivity index (χ2v) is 6.42. The second kappa shape index (κ2) is 9.57. The molecule has 5 nitrogen and oxygen atoms in total. The van der Waals surface area contributed by atoms with Crippen molar-refractivity contribution in [1.29, 1.82) is 0 Å². The molecule has 9 heteroatoms. The summed E-state index contributed by atoms with van der Waals surface area (Å²) in [7, 11) is 1.60. The van der Waals surface area contributed by atoms with Crippen LogP contribution in [-0.4, -0.2) is 43.4 Å². The summed E-state index contributed by atoms with van der Waals surface area (Å²) < 4.78 is 54.3. The van der Waals surface area contributed by atoms with Crippen molar-refractivity contribution in [1.82, 2.24) is 15.5 Å². The number of rotatable bonds is 5. The van der Waals surface area contributed by atoms with Gasteiger partial charge < -0.3 is 15.5 Å². The van der Waals surface area contributed by atoms with E-state index in [2.05, 4.69) is 15.6 Å². The predicted molar refractivity (Wildman–Crippen MR) is 94.1 cm³/mol.